The van der Waals surface area contributed by atoms with Crippen molar-refractivity contribution < 1.29 is 28.2 Å². The number of benzene rings is 2. The molecular formula is C28H35FN4O5. The third kappa shape index (κ3) is 7.22. The number of alkyl carbamates (subject to hydrolysis) is 1. The fourth-order valence-electron chi connectivity index (χ4n) is 4.62. The van der Waals surface area contributed by atoms with Gasteiger partial charge < -0.3 is 20.1 Å². The summed E-state index contributed by atoms with van der Waals surface area (Å²) in [5, 5.41) is 5.56. The van der Waals surface area contributed by atoms with Crippen LogP contribution >= 0.6 is 0 Å². The molecule has 204 valence electrons. The number of halogens is 1. The van der Waals surface area contributed by atoms with E-state index in [1.165, 1.54) is 17.9 Å². The summed E-state index contributed by atoms with van der Waals surface area (Å²) in [5.41, 5.74) is 2.14. The maximum Gasteiger partial charge on any atom is 0.414 e. The lowest BCUT2D eigenvalue weighted by Gasteiger charge is -2.22. The van der Waals surface area contributed by atoms with Gasteiger partial charge in [-0.05, 0) is 56.5 Å². The molecule has 2 saturated heterocycles. The molecule has 3 amide bonds. The number of anilines is 1. The number of hydrogen-bond acceptors (Lipinski definition) is 6. The van der Waals surface area contributed by atoms with Crippen LogP contribution in [0.3, 0.4) is 0 Å². The van der Waals surface area contributed by atoms with E-state index in [-0.39, 0.29) is 25.0 Å². The molecule has 2 aromatic rings. The van der Waals surface area contributed by atoms with Gasteiger partial charge in [-0.15, -0.1) is 0 Å². The van der Waals surface area contributed by atoms with Crippen molar-refractivity contribution in [3.05, 3.63) is 53.8 Å². The van der Waals surface area contributed by atoms with Crippen LogP contribution < -0.4 is 15.5 Å². The molecule has 2 fully saturated rings. The lowest BCUT2D eigenvalue weighted by Crippen LogP contribution is -2.40. The van der Waals surface area contributed by atoms with Crippen molar-refractivity contribution in [2.75, 3.05) is 31.1 Å². The number of nitrogens with zero attached hydrogens (tertiary/aromatic N) is 2. The highest BCUT2D eigenvalue weighted by Gasteiger charge is 2.33. The summed E-state index contributed by atoms with van der Waals surface area (Å²) >= 11 is 0. The molecule has 2 aliphatic rings. The Labute approximate surface area is 222 Å². The van der Waals surface area contributed by atoms with Gasteiger partial charge in [-0.3, -0.25) is 14.6 Å². The Morgan fingerprint density at radius 1 is 1.13 bits per heavy atom. The molecule has 0 spiro atoms. The summed E-state index contributed by atoms with van der Waals surface area (Å²) in [4.78, 5) is 39.0. The highest BCUT2D eigenvalue weighted by molar-refractivity contribution is 5.90. The van der Waals surface area contributed by atoms with E-state index in [2.05, 4.69) is 15.5 Å². The van der Waals surface area contributed by atoms with E-state index in [4.69, 9.17) is 9.47 Å². The zero-order chi connectivity index (χ0) is 27.4. The summed E-state index contributed by atoms with van der Waals surface area (Å²) in [6.45, 7) is 9.69. The predicted octanol–water partition coefficient (Wildman–Crippen LogP) is 4.05. The molecule has 2 heterocycles. The minimum absolute atomic E-state index is 0.0466. The Morgan fingerprint density at radius 3 is 2.53 bits per heavy atom. The standard InChI is InChI=1S/C28H35FN4O5/c1-18(34)30-14-23-17-33(27(36)37-23)22-9-10-24(25(29)13-22)20-7-5-19(6-8-20)15-32-12-11-21(16-32)31-26(35)38-28(2,3)4/h5-10,13,21,23H,11-12,14-17H2,1-4H3,(H,30,34)(H,31,35)/t21-,23+/m1/s1. The van der Waals surface area contributed by atoms with Gasteiger partial charge in [0.1, 0.15) is 17.5 Å². The van der Waals surface area contributed by atoms with Crippen LogP contribution in [-0.4, -0.2) is 66.9 Å². The summed E-state index contributed by atoms with van der Waals surface area (Å²) in [6.07, 6.45) is -0.593. The normalized spacial score (nSPS) is 19.8. The second-order valence-electron chi connectivity index (χ2n) is 10.8. The lowest BCUT2D eigenvalue weighted by atomic mass is 10.0. The van der Waals surface area contributed by atoms with Crippen LogP contribution in [0.5, 0.6) is 0 Å². The van der Waals surface area contributed by atoms with Gasteiger partial charge in [0.05, 0.1) is 18.8 Å². The largest absolute Gasteiger partial charge is 0.444 e. The summed E-state index contributed by atoms with van der Waals surface area (Å²) in [6, 6.07) is 12.4. The zero-order valence-corrected chi connectivity index (χ0v) is 22.3. The molecule has 0 radical (unpaired) electrons. The molecule has 2 N–H and O–H groups in total. The fraction of sp³-hybridized carbons (Fsp3) is 0.464. The number of carbonyl (C=O) groups is 3. The Balaban J connectivity index is 1.32. The van der Waals surface area contributed by atoms with Crippen molar-refractivity contribution in [1.82, 2.24) is 15.5 Å². The summed E-state index contributed by atoms with van der Waals surface area (Å²) < 4.78 is 25.7. The third-order valence-electron chi connectivity index (χ3n) is 6.38. The fourth-order valence-corrected chi connectivity index (χ4v) is 4.62. The molecule has 0 aromatic heterocycles. The zero-order valence-electron chi connectivity index (χ0n) is 22.3. The van der Waals surface area contributed by atoms with Gasteiger partial charge >= 0.3 is 12.2 Å². The van der Waals surface area contributed by atoms with Crippen LogP contribution in [0.4, 0.5) is 19.7 Å². The Kier molecular flexibility index (Phi) is 8.20. The van der Waals surface area contributed by atoms with E-state index in [1.54, 1.807) is 12.1 Å². The van der Waals surface area contributed by atoms with Crippen molar-refractivity contribution in [3.8, 4) is 11.1 Å². The van der Waals surface area contributed by atoms with Crippen LogP contribution in [0.1, 0.15) is 39.7 Å². The van der Waals surface area contributed by atoms with Crippen LogP contribution in [0, 0.1) is 5.82 Å². The van der Waals surface area contributed by atoms with Gasteiger partial charge in [-0.1, -0.05) is 24.3 Å². The number of nitrogens with one attached hydrogen (secondary N) is 2. The molecule has 0 unspecified atom stereocenters. The van der Waals surface area contributed by atoms with Crippen molar-refractivity contribution >= 4 is 23.8 Å². The number of hydrogen-bond donors (Lipinski definition) is 2. The molecule has 2 atom stereocenters. The topological polar surface area (TPSA) is 100 Å². The molecule has 4 rings (SSSR count). The van der Waals surface area contributed by atoms with E-state index in [9.17, 15) is 14.4 Å². The van der Waals surface area contributed by atoms with Crippen molar-refractivity contribution in [2.45, 2.75) is 58.4 Å². The van der Waals surface area contributed by atoms with Crippen LogP contribution in [0.15, 0.2) is 42.5 Å². The number of rotatable bonds is 7. The van der Waals surface area contributed by atoms with E-state index >= 15 is 4.39 Å². The second-order valence-corrected chi connectivity index (χ2v) is 10.8. The Morgan fingerprint density at radius 2 is 1.87 bits per heavy atom. The first-order valence-electron chi connectivity index (χ1n) is 12.8. The van der Waals surface area contributed by atoms with E-state index in [0.717, 1.165) is 37.2 Å². The smallest absolute Gasteiger partial charge is 0.414 e. The first kappa shape index (κ1) is 27.4. The average molecular weight is 527 g/mol. The van der Waals surface area contributed by atoms with Crippen LogP contribution in [0.25, 0.3) is 11.1 Å². The quantitative estimate of drug-likeness (QED) is 0.565. The van der Waals surface area contributed by atoms with E-state index < -0.39 is 29.7 Å². The first-order chi connectivity index (χ1) is 18.0. The summed E-state index contributed by atoms with van der Waals surface area (Å²) in [7, 11) is 0. The number of cyclic esters (lactones) is 1. The second kappa shape index (κ2) is 11.4. The van der Waals surface area contributed by atoms with Crippen LogP contribution in [0.2, 0.25) is 0 Å². The van der Waals surface area contributed by atoms with Gasteiger partial charge in [-0.25, -0.2) is 14.0 Å². The molecule has 0 aliphatic carbocycles. The number of amides is 3. The average Bonchev–Trinajstić information content (AvgIpc) is 3.42. The molecule has 10 heteroatoms. The predicted molar refractivity (Wildman–Crippen MR) is 141 cm³/mol. The molecule has 9 nitrogen and oxygen atoms in total. The number of ether oxygens (including phenoxy) is 2. The molecule has 2 aliphatic heterocycles. The minimum Gasteiger partial charge on any atom is -0.444 e. The maximum absolute atomic E-state index is 15.1. The van der Waals surface area contributed by atoms with E-state index in [1.807, 2.05) is 45.0 Å². The highest BCUT2D eigenvalue weighted by Crippen LogP contribution is 2.29. The van der Waals surface area contributed by atoms with Crippen molar-refractivity contribution in [2.24, 2.45) is 0 Å². The lowest BCUT2D eigenvalue weighted by molar-refractivity contribution is -0.119. The van der Waals surface area contributed by atoms with Crippen molar-refractivity contribution in [1.29, 1.82) is 0 Å². The van der Waals surface area contributed by atoms with Gasteiger partial charge in [0.15, 0.2) is 0 Å². The van der Waals surface area contributed by atoms with Crippen LogP contribution in [-0.2, 0) is 20.8 Å². The van der Waals surface area contributed by atoms with Gasteiger partial charge in [0, 0.05) is 38.2 Å². The van der Waals surface area contributed by atoms with Gasteiger partial charge in [0.2, 0.25) is 5.91 Å². The molecule has 0 bridgehead atoms. The monoisotopic (exact) mass is 526 g/mol. The number of likely N-dealkylation sites (tertiary alicyclic amines) is 1. The third-order valence-corrected chi connectivity index (χ3v) is 6.38. The SMILES string of the molecule is CC(=O)NC[C@H]1CN(c2ccc(-c3ccc(CN4CC[C@@H](NC(=O)OC(C)(C)C)C4)cc3)c(F)c2)C(=O)O1. The number of carbonyl (C=O) groups excluding carboxylic acids is 3. The minimum atomic E-state index is -0.567. The van der Waals surface area contributed by atoms with Gasteiger partial charge in [-0.2, -0.15) is 0 Å². The van der Waals surface area contributed by atoms with Crippen molar-refractivity contribution in [3.63, 3.8) is 0 Å². The van der Waals surface area contributed by atoms with Gasteiger partial charge in [0.25, 0.3) is 0 Å². The first-order valence-corrected chi connectivity index (χ1v) is 12.8. The molecule has 38 heavy (non-hydrogen) atoms. The highest BCUT2D eigenvalue weighted by atomic mass is 19.1. The summed E-state index contributed by atoms with van der Waals surface area (Å²) in [5.74, 6) is -0.648. The van der Waals surface area contributed by atoms with E-state index in [0.29, 0.717) is 11.3 Å². The maximum atomic E-state index is 15.1. The molecule has 2 aromatic carbocycles. The Hall–Kier alpha value is -3.66. The Bertz CT molecular complexity index is 1180. The molecular weight excluding hydrogens is 491 g/mol. The molecule has 0 saturated carbocycles.